The third-order valence-electron chi connectivity index (χ3n) is 3.24. The van der Waals surface area contributed by atoms with Gasteiger partial charge in [-0.25, -0.2) is 0 Å². The first-order valence-electron chi connectivity index (χ1n) is 6.25. The Balaban J connectivity index is 2.55. The van der Waals surface area contributed by atoms with Crippen molar-refractivity contribution in [2.45, 2.75) is 38.6 Å². The average Bonchev–Trinajstić information content (AvgIpc) is 2.27. The standard InChI is InChI=1S/C14H21NO4/c1-9(8-14(2,15)13(18)19)3-4-10-5-6-11(16)7-12(10)17/h5-7,9,16-17H,3-4,8,15H2,1-2H3,(H,18,19). The summed E-state index contributed by atoms with van der Waals surface area (Å²) in [7, 11) is 0. The maximum Gasteiger partial charge on any atom is 0.323 e. The van der Waals surface area contributed by atoms with Crippen LogP contribution in [0.15, 0.2) is 18.2 Å². The number of aryl methyl sites for hydroxylation is 1. The van der Waals surface area contributed by atoms with Crippen LogP contribution in [0.1, 0.15) is 32.3 Å². The molecule has 1 aromatic carbocycles. The highest BCUT2D eigenvalue weighted by Gasteiger charge is 2.29. The molecule has 0 bridgehead atoms. The van der Waals surface area contributed by atoms with Crippen molar-refractivity contribution in [2.75, 3.05) is 0 Å². The van der Waals surface area contributed by atoms with E-state index in [1.54, 1.807) is 6.07 Å². The van der Waals surface area contributed by atoms with Gasteiger partial charge in [0.2, 0.25) is 0 Å². The lowest BCUT2D eigenvalue weighted by molar-refractivity contribution is -0.143. The van der Waals surface area contributed by atoms with Gasteiger partial charge in [-0.1, -0.05) is 13.0 Å². The topological polar surface area (TPSA) is 104 Å². The second-order valence-corrected chi connectivity index (χ2v) is 5.38. The first-order chi connectivity index (χ1) is 8.72. The van der Waals surface area contributed by atoms with E-state index in [2.05, 4.69) is 0 Å². The molecule has 2 atom stereocenters. The zero-order valence-corrected chi connectivity index (χ0v) is 11.3. The molecule has 0 aliphatic carbocycles. The monoisotopic (exact) mass is 267 g/mol. The molecule has 19 heavy (non-hydrogen) atoms. The van der Waals surface area contributed by atoms with Crippen LogP contribution in [-0.2, 0) is 11.2 Å². The van der Waals surface area contributed by atoms with Crippen molar-refractivity contribution in [3.63, 3.8) is 0 Å². The lowest BCUT2D eigenvalue weighted by Gasteiger charge is -2.23. The first-order valence-corrected chi connectivity index (χ1v) is 6.25. The predicted molar refractivity (Wildman–Crippen MR) is 72.1 cm³/mol. The number of carbonyl (C=O) groups is 1. The zero-order valence-electron chi connectivity index (χ0n) is 11.3. The highest BCUT2D eigenvalue weighted by molar-refractivity contribution is 5.77. The molecule has 0 saturated heterocycles. The second kappa shape index (κ2) is 5.93. The van der Waals surface area contributed by atoms with Gasteiger partial charge in [-0.2, -0.15) is 0 Å². The molecule has 5 nitrogen and oxygen atoms in total. The van der Waals surface area contributed by atoms with Crippen molar-refractivity contribution in [2.24, 2.45) is 11.7 Å². The molecule has 5 N–H and O–H groups in total. The normalized spacial score (nSPS) is 15.7. The molecule has 5 heteroatoms. The van der Waals surface area contributed by atoms with E-state index < -0.39 is 11.5 Å². The van der Waals surface area contributed by atoms with Gasteiger partial charge in [0, 0.05) is 6.07 Å². The molecule has 0 saturated carbocycles. The number of hydrogen-bond donors (Lipinski definition) is 4. The van der Waals surface area contributed by atoms with E-state index >= 15 is 0 Å². The van der Waals surface area contributed by atoms with Crippen molar-refractivity contribution in [3.05, 3.63) is 23.8 Å². The maximum absolute atomic E-state index is 10.9. The van der Waals surface area contributed by atoms with Gasteiger partial charge < -0.3 is 21.1 Å². The summed E-state index contributed by atoms with van der Waals surface area (Å²) in [5.41, 5.74) is 5.21. The Morgan fingerprint density at radius 2 is 2.05 bits per heavy atom. The fourth-order valence-corrected chi connectivity index (χ4v) is 2.08. The van der Waals surface area contributed by atoms with Gasteiger partial charge in [0.25, 0.3) is 0 Å². The highest BCUT2D eigenvalue weighted by atomic mass is 16.4. The third kappa shape index (κ3) is 4.44. The first kappa shape index (κ1) is 15.3. The number of phenols is 2. The Kier molecular flexibility index (Phi) is 4.78. The summed E-state index contributed by atoms with van der Waals surface area (Å²) in [6.45, 7) is 3.44. The van der Waals surface area contributed by atoms with Crippen molar-refractivity contribution in [3.8, 4) is 11.5 Å². The van der Waals surface area contributed by atoms with Crippen LogP contribution < -0.4 is 5.73 Å². The Bertz CT molecular complexity index is 457. The van der Waals surface area contributed by atoms with Crippen LogP contribution in [0.2, 0.25) is 0 Å². The summed E-state index contributed by atoms with van der Waals surface area (Å²) in [5, 5.41) is 27.8. The third-order valence-corrected chi connectivity index (χ3v) is 3.24. The predicted octanol–water partition coefficient (Wildman–Crippen LogP) is 1.86. The van der Waals surface area contributed by atoms with E-state index in [-0.39, 0.29) is 17.4 Å². The number of rotatable bonds is 6. The lowest BCUT2D eigenvalue weighted by Crippen LogP contribution is -2.46. The average molecular weight is 267 g/mol. The molecule has 2 unspecified atom stereocenters. The van der Waals surface area contributed by atoms with Crippen molar-refractivity contribution in [1.29, 1.82) is 0 Å². The summed E-state index contributed by atoms with van der Waals surface area (Å²) in [4.78, 5) is 10.9. The Morgan fingerprint density at radius 3 is 2.58 bits per heavy atom. The molecular weight excluding hydrogens is 246 g/mol. The van der Waals surface area contributed by atoms with Crippen LogP contribution in [0.4, 0.5) is 0 Å². The Morgan fingerprint density at radius 1 is 1.42 bits per heavy atom. The number of aliphatic carboxylic acids is 1. The number of aromatic hydroxyl groups is 2. The lowest BCUT2D eigenvalue weighted by atomic mass is 9.87. The number of nitrogens with two attached hydrogens (primary N) is 1. The van der Waals surface area contributed by atoms with E-state index in [9.17, 15) is 15.0 Å². The summed E-state index contributed by atoms with van der Waals surface area (Å²) in [5.74, 6) is -0.804. The molecule has 0 spiro atoms. The van der Waals surface area contributed by atoms with Gasteiger partial charge in [-0.15, -0.1) is 0 Å². The zero-order chi connectivity index (χ0) is 14.6. The van der Waals surface area contributed by atoms with Crippen molar-refractivity contribution >= 4 is 5.97 Å². The van der Waals surface area contributed by atoms with Gasteiger partial charge in [0.15, 0.2) is 0 Å². The van der Waals surface area contributed by atoms with E-state index in [0.29, 0.717) is 12.8 Å². The maximum atomic E-state index is 10.9. The van der Waals surface area contributed by atoms with Crippen LogP contribution in [0.5, 0.6) is 11.5 Å². The SMILES string of the molecule is CC(CCc1ccc(O)cc1O)CC(C)(N)C(=O)O. The highest BCUT2D eigenvalue weighted by Crippen LogP contribution is 2.26. The quantitative estimate of drug-likeness (QED) is 0.630. The van der Waals surface area contributed by atoms with E-state index in [4.69, 9.17) is 10.8 Å². The summed E-state index contributed by atoms with van der Waals surface area (Å²) in [6, 6.07) is 4.48. The Hall–Kier alpha value is -1.75. The molecule has 0 amide bonds. The van der Waals surface area contributed by atoms with Gasteiger partial charge in [0.05, 0.1) is 0 Å². The van der Waals surface area contributed by atoms with Crippen LogP contribution in [0.25, 0.3) is 0 Å². The molecule has 1 rings (SSSR count). The Labute approximate surface area is 112 Å². The second-order valence-electron chi connectivity index (χ2n) is 5.38. The van der Waals surface area contributed by atoms with Gasteiger partial charge in [0.1, 0.15) is 17.0 Å². The number of carboxylic acid groups (broad SMARTS) is 1. The van der Waals surface area contributed by atoms with E-state index in [1.807, 2.05) is 6.92 Å². The molecule has 106 valence electrons. The minimum Gasteiger partial charge on any atom is -0.508 e. The van der Waals surface area contributed by atoms with Gasteiger partial charge in [-0.3, -0.25) is 4.79 Å². The summed E-state index contributed by atoms with van der Waals surface area (Å²) < 4.78 is 0. The molecule has 1 aromatic rings. The van der Waals surface area contributed by atoms with Crippen LogP contribution in [0, 0.1) is 5.92 Å². The van der Waals surface area contributed by atoms with Crippen molar-refractivity contribution in [1.82, 2.24) is 0 Å². The molecule has 0 aromatic heterocycles. The fraction of sp³-hybridized carbons (Fsp3) is 0.500. The number of benzene rings is 1. The number of hydrogen-bond acceptors (Lipinski definition) is 4. The molecule has 0 radical (unpaired) electrons. The molecule has 0 heterocycles. The minimum atomic E-state index is -1.23. The molecular formula is C14H21NO4. The van der Waals surface area contributed by atoms with Crippen molar-refractivity contribution < 1.29 is 20.1 Å². The molecule has 0 aliphatic rings. The van der Waals surface area contributed by atoms with E-state index in [0.717, 1.165) is 12.0 Å². The summed E-state index contributed by atoms with van der Waals surface area (Å²) in [6.07, 6.45) is 1.71. The molecule has 0 fully saturated rings. The largest absolute Gasteiger partial charge is 0.508 e. The number of carboxylic acids is 1. The number of phenolic OH excluding ortho intramolecular Hbond substituents is 2. The smallest absolute Gasteiger partial charge is 0.323 e. The van der Waals surface area contributed by atoms with E-state index in [1.165, 1.54) is 19.1 Å². The fourth-order valence-electron chi connectivity index (χ4n) is 2.08. The van der Waals surface area contributed by atoms with Gasteiger partial charge in [-0.05, 0) is 43.7 Å². The van der Waals surface area contributed by atoms with Crippen LogP contribution in [-0.4, -0.2) is 26.8 Å². The van der Waals surface area contributed by atoms with Crippen LogP contribution >= 0.6 is 0 Å². The van der Waals surface area contributed by atoms with Gasteiger partial charge >= 0.3 is 5.97 Å². The molecule has 0 aliphatic heterocycles. The minimum absolute atomic E-state index is 0.0229. The van der Waals surface area contributed by atoms with Crippen LogP contribution in [0.3, 0.4) is 0 Å². The summed E-state index contributed by atoms with van der Waals surface area (Å²) >= 11 is 0.